The van der Waals surface area contributed by atoms with E-state index in [1.54, 1.807) is 0 Å². The number of carbonyl (C=O) groups excluding carboxylic acids is 2. The van der Waals surface area contributed by atoms with E-state index < -0.39 is 0 Å². The van der Waals surface area contributed by atoms with E-state index >= 15 is 0 Å². The van der Waals surface area contributed by atoms with Crippen molar-refractivity contribution in [2.45, 2.75) is 39.7 Å². The van der Waals surface area contributed by atoms with Gasteiger partial charge in [-0.2, -0.15) is 0 Å². The van der Waals surface area contributed by atoms with Crippen molar-refractivity contribution in [3.05, 3.63) is 46.8 Å². The number of H-pyrrole nitrogens is 1. The van der Waals surface area contributed by atoms with Crippen LogP contribution in [0.25, 0.3) is 0 Å². The molecular formula is C22H27N3O4. The van der Waals surface area contributed by atoms with E-state index in [-0.39, 0.29) is 18.6 Å². The number of benzene rings is 1. The Kier molecular flexibility index (Phi) is 5.47. The highest BCUT2D eigenvalue weighted by Gasteiger charge is 2.26. The fourth-order valence-electron chi connectivity index (χ4n) is 4.04. The third-order valence-corrected chi connectivity index (χ3v) is 5.67. The van der Waals surface area contributed by atoms with Crippen LogP contribution >= 0.6 is 0 Å². The van der Waals surface area contributed by atoms with Crippen molar-refractivity contribution in [1.82, 2.24) is 15.2 Å². The summed E-state index contributed by atoms with van der Waals surface area (Å²) in [6.07, 6.45) is 2.19. The summed E-state index contributed by atoms with van der Waals surface area (Å²) in [7, 11) is 0. The fourth-order valence-corrected chi connectivity index (χ4v) is 4.04. The Bertz CT molecular complexity index is 913. The lowest BCUT2D eigenvalue weighted by molar-refractivity contribution is -0.122. The topological polar surface area (TPSA) is 83.7 Å². The zero-order valence-corrected chi connectivity index (χ0v) is 16.9. The molecule has 0 saturated carbocycles. The first-order chi connectivity index (χ1) is 14.0. The number of hydrogen-bond acceptors (Lipinski definition) is 4. The number of rotatable bonds is 5. The van der Waals surface area contributed by atoms with Crippen LogP contribution in [0.15, 0.2) is 24.3 Å². The van der Waals surface area contributed by atoms with E-state index in [9.17, 15) is 9.59 Å². The number of aromatic nitrogens is 1. The summed E-state index contributed by atoms with van der Waals surface area (Å²) < 4.78 is 10.7. The molecule has 0 aliphatic carbocycles. The van der Waals surface area contributed by atoms with Gasteiger partial charge in [0.15, 0.2) is 11.5 Å². The molecule has 2 aliphatic heterocycles. The molecule has 0 spiro atoms. The molecule has 2 amide bonds. The summed E-state index contributed by atoms with van der Waals surface area (Å²) in [4.78, 5) is 30.1. The number of carbonyl (C=O) groups is 2. The third kappa shape index (κ3) is 4.39. The minimum absolute atomic E-state index is 0.0447. The highest BCUT2D eigenvalue weighted by atomic mass is 16.7. The van der Waals surface area contributed by atoms with Crippen molar-refractivity contribution in [3.8, 4) is 11.5 Å². The van der Waals surface area contributed by atoms with Crippen LogP contribution in [0, 0.1) is 19.8 Å². The van der Waals surface area contributed by atoms with Gasteiger partial charge >= 0.3 is 0 Å². The summed E-state index contributed by atoms with van der Waals surface area (Å²) in [6.45, 7) is 6.01. The van der Waals surface area contributed by atoms with Crippen LogP contribution in [-0.4, -0.2) is 41.6 Å². The van der Waals surface area contributed by atoms with Crippen LogP contribution in [0.2, 0.25) is 0 Å². The van der Waals surface area contributed by atoms with E-state index in [1.165, 1.54) is 0 Å². The highest BCUT2D eigenvalue weighted by molar-refractivity contribution is 5.94. The lowest BCUT2D eigenvalue weighted by Crippen LogP contribution is -2.40. The van der Waals surface area contributed by atoms with E-state index in [2.05, 4.69) is 10.3 Å². The average Bonchev–Trinajstić information content (AvgIpc) is 3.31. The zero-order valence-electron chi connectivity index (χ0n) is 16.9. The minimum atomic E-state index is 0.0447. The summed E-state index contributed by atoms with van der Waals surface area (Å²) in [5, 5.41) is 2.99. The molecule has 7 nitrogen and oxygen atoms in total. The molecule has 4 rings (SSSR count). The maximum absolute atomic E-state index is 12.7. The molecule has 154 valence electrons. The van der Waals surface area contributed by atoms with Gasteiger partial charge in [-0.3, -0.25) is 9.59 Å². The summed E-state index contributed by atoms with van der Waals surface area (Å²) in [5.74, 6) is 1.87. The molecular weight excluding hydrogens is 370 g/mol. The lowest BCUT2D eigenvalue weighted by Gasteiger charge is -2.31. The molecule has 29 heavy (non-hydrogen) atoms. The lowest BCUT2D eigenvalue weighted by atomic mass is 9.93. The Morgan fingerprint density at radius 3 is 2.62 bits per heavy atom. The number of hydrogen-bond donors (Lipinski definition) is 2. The number of aryl methyl sites for hydroxylation is 2. The minimum Gasteiger partial charge on any atom is -0.454 e. The normalized spacial score (nSPS) is 16.1. The van der Waals surface area contributed by atoms with E-state index in [0.29, 0.717) is 37.7 Å². The van der Waals surface area contributed by atoms with Gasteiger partial charge in [-0.1, -0.05) is 6.07 Å². The molecule has 2 aliphatic rings. The number of nitrogens with one attached hydrogen (secondary N) is 2. The standard InChI is InChI=1S/C22H27N3O4/c1-14-9-15(2)24-21(14)22(27)25-7-5-16(6-8-25)11-20(26)23-12-17-3-4-18-19(10-17)29-13-28-18/h3-4,9-10,16,24H,5-8,11-13H2,1-2H3,(H,23,26). The molecule has 0 bridgehead atoms. The maximum atomic E-state index is 12.7. The van der Waals surface area contributed by atoms with Crippen LogP contribution in [0.3, 0.4) is 0 Å². The van der Waals surface area contributed by atoms with Crippen LogP contribution in [0.4, 0.5) is 0 Å². The Balaban J connectivity index is 1.22. The van der Waals surface area contributed by atoms with Crippen molar-refractivity contribution < 1.29 is 19.1 Å². The Labute approximate surface area is 170 Å². The number of fused-ring (bicyclic) bond motifs is 1. The fraction of sp³-hybridized carbons (Fsp3) is 0.455. The van der Waals surface area contributed by atoms with E-state index in [1.807, 2.05) is 43.0 Å². The van der Waals surface area contributed by atoms with Crippen molar-refractivity contribution >= 4 is 11.8 Å². The van der Waals surface area contributed by atoms with Crippen molar-refractivity contribution in [1.29, 1.82) is 0 Å². The molecule has 7 heteroatoms. The Morgan fingerprint density at radius 2 is 1.90 bits per heavy atom. The van der Waals surface area contributed by atoms with Crippen LogP contribution in [-0.2, 0) is 11.3 Å². The molecule has 1 aromatic heterocycles. The molecule has 1 saturated heterocycles. The monoisotopic (exact) mass is 397 g/mol. The van der Waals surface area contributed by atoms with Crippen LogP contribution in [0.1, 0.15) is 46.6 Å². The van der Waals surface area contributed by atoms with Gasteiger partial charge in [-0.15, -0.1) is 0 Å². The van der Waals surface area contributed by atoms with Gasteiger partial charge in [-0.25, -0.2) is 0 Å². The van der Waals surface area contributed by atoms with Crippen molar-refractivity contribution in [3.63, 3.8) is 0 Å². The number of nitrogens with zero attached hydrogens (tertiary/aromatic N) is 1. The van der Waals surface area contributed by atoms with E-state index in [4.69, 9.17) is 9.47 Å². The smallest absolute Gasteiger partial charge is 0.270 e. The second kappa shape index (κ2) is 8.19. The first kappa shape index (κ1) is 19.4. The molecule has 2 aromatic rings. The van der Waals surface area contributed by atoms with Gasteiger partial charge in [0.1, 0.15) is 5.69 Å². The van der Waals surface area contributed by atoms with Gasteiger partial charge in [0.2, 0.25) is 12.7 Å². The number of likely N-dealkylation sites (tertiary alicyclic amines) is 1. The first-order valence-electron chi connectivity index (χ1n) is 10.1. The van der Waals surface area contributed by atoms with Crippen molar-refractivity contribution in [2.24, 2.45) is 5.92 Å². The second-order valence-corrected chi connectivity index (χ2v) is 7.91. The van der Waals surface area contributed by atoms with Gasteiger partial charge in [-0.05, 0) is 61.9 Å². The summed E-state index contributed by atoms with van der Waals surface area (Å²) in [6, 6.07) is 7.69. The van der Waals surface area contributed by atoms with Gasteiger partial charge in [0.25, 0.3) is 5.91 Å². The average molecular weight is 397 g/mol. The van der Waals surface area contributed by atoms with Crippen LogP contribution < -0.4 is 14.8 Å². The van der Waals surface area contributed by atoms with Crippen LogP contribution in [0.5, 0.6) is 11.5 Å². The Morgan fingerprint density at radius 1 is 1.14 bits per heavy atom. The second-order valence-electron chi connectivity index (χ2n) is 7.91. The number of piperidine rings is 1. The van der Waals surface area contributed by atoms with E-state index in [0.717, 1.165) is 41.2 Å². The molecule has 0 radical (unpaired) electrons. The SMILES string of the molecule is Cc1cc(C)c(C(=O)N2CCC(CC(=O)NCc3ccc4c(c3)OCO4)CC2)[nH]1. The molecule has 1 fully saturated rings. The summed E-state index contributed by atoms with van der Waals surface area (Å²) >= 11 is 0. The molecule has 0 unspecified atom stereocenters. The molecule has 0 atom stereocenters. The zero-order chi connectivity index (χ0) is 20.4. The summed E-state index contributed by atoms with van der Waals surface area (Å²) in [5.41, 5.74) is 3.65. The highest BCUT2D eigenvalue weighted by Crippen LogP contribution is 2.32. The maximum Gasteiger partial charge on any atom is 0.270 e. The first-order valence-corrected chi connectivity index (χ1v) is 10.1. The Hall–Kier alpha value is -2.96. The predicted molar refractivity (Wildman–Crippen MR) is 108 cm³/mol. The largest absolute Gasteiger partial charge is 0.454 e. The molecule has 1 aromatic carbocycles. The molecule has 2 N–H and O–H groups in total. The quantitative estimate of drug-likeness (QED) is 0.813. The van der Waals surface area contributed by atoms with Gasteiger partial charge < -0.3 is 24.7 Å². The third-order valence-electron chi connectivity index (χ3n) is 5.67. The number of amides is 2. The van der Waals surface area contributed by atoms with Gasteiger partial charge in [0, 0.05) is 31.7 Å². The molecule has 3 heterocycles. The number of ether oxygens (including phenoxy) is 2. The number of aromatic amines is 1. The van der Waals surface area contributed by atoms with Crippen molar-refractivity contribution in [2.75, 3.05) is 19.9 Å². The van der Waals surface area contributed by atoms with Gasteiger partial charge in [0.05, 0.1) is 0 Å². The predicted octanol–water partition coefficient (Wildman–Crippen LogP) is 2.92.